The molecule has 0 radical (unpaired) electrons. The summed E-state index contributed by atoms with van der Waals surface area (Å²) >= 11 is 0. The summed E-state index contributed by atoms with van der Waals surface area (Å²) < 4.78 is 16.1. The van der Waals surface area contributed by atoms with Gasteiger partial charge >= 0.3 is 0 Å². The maximum absolute atomic E-state index is 13.7. The van der Waals surface area contributed by atoms with E-state index in [1.165, 1.54) is 12.8 Å². The molecule has 0 N–H and O–H groups in total. The molecule has 0 bridgehead atoms. The molecule has 1 aliphatic rings. The summed E-state index contributed by atoms with van der Waals surface area (Å²) in [6.45, 7) is 1.38. The van der Waals surface area contributed by atoms with Gasteiger partial charge in [-0.3, -0.25) is 9.78 Å². The molecule has 33 heavy (non-hydrogen) atoms. The second-order valence-corrected chi connectivity index (χ2v) is 8.27. The number of hydrogen-bond acceptors (Lipinski definition) is 5. The number of ether oxygens (including phenoxy) is 3. The van der Waals surface area contributed by atoms with Crippen LogP contribution in [0.1, 0.15) is 28.8 Å². The molecule has 1 heterocycles. The molecule has 2 aromatic carbocycles. The number of carbonyl (C=O) groups excluding carboxylic acids is 1. The van der Waals surface area contributed by atoms with Crippen LogP contribution in [0.3, 0.4) is 0 Å². The Kier molecular flexibility index (Phi) is 7.13. The highest BCUT2D eigenvalue weighted by molar-refractivity contribution is 6.00. The van der Waals surface area contributed by atoms with Gasteiger partial charge in [-0.15, -0.1) is 0 Å². The lowest BCUT2D eigenvalue weighted by Gasteiger charge is -2.24. The van der Waals surface area contributed by atoms with Crippen molar-refractivity contribution in [2.75, 3.05) is 34.4 Å². The lowest BCUT2D eigenvalue weighted by Crippen LogP contribution is -2.35. The van der Waals surface area contributed by atoms with E-state index < -0.39 is 0 Å². The van der Waals surface area contributed by atoms with Crippen molar-refractivity contribution in [2.24, 2.45) is 5.92 Å². The summed E-state index contributed by atoms with van der Waals surface area (Å²) in [4.78, 5) is 20.2. The first-order valence-corrected chi connectivity index (χ1v) is 11.2. The number of pyridine rings is 1. The van der Waals surface area contributed by atoms with E-state index in [0.717, 1.165) is 29.8 Å². The van der Waals surface area contributed by atoms with Crippen molar-refractivity contribution in [2.45, 2.75) is 19.3 Å². The van der Waals surface area contributed by atoms with E-state index in [9.17, 15) is 4.79 Å². The van der Waals surface area contributed by atoms with Crippen molar-refractivity contribution < 1.29 is 19.0 Å². The normalized spacial score (nSPS) is 12.8. The molecule has 1 aromatic heterocycles. The molecule has 0 aliphatic heterocycles. The van der Waals surface area contributed by atoms with Crippen LogP contribution in [0.5, 0.6) is 17.2 Å². The fraction of sp³-hybridized carbons (Fsp3) is 0.333. The van der Waals surface area contributed by atoms with Gasteiger partial charge in [-0.05, 0) is 67.1 Å². The van der Waals surface area contributed by atoms with E-state index in [4.69, 9.17) is 14.2 Å². The highest BCUT2D eigenvalue weighted by Gasteiger charge is 2.28. The van der Waals surface area contributed by atoms with E-state index in [-0.39, 0.29) is 5.91 Å². The van der Waals surface area contributed by atoms with Crippen LogP contribution in [-0.2, 0) is 6.42 Å². The van der Waals surface area contributed by atoms with Gasteiger partial charge in [-0.1, -0.05) is 18.2 Å². The highest BCUT2D eigenvalue weighted by Crippen LogP contribution is 2.32. The summed E-state index contributed by atoms with van der Waals surface area (Å²) in [5, 5.41) is 0. The number of hydrogen-bond donors (Lipinski definition) is 0. The lowest BCUT2D eigenvalue weighted by atomic mass is 10.0. The molecule has 1 aliphatic carbocycles. The number of nitrogens with zero attached hydrogens (tertiary/aromatic N) is 2. The minimum atomic E-state index is 0.00768. The maximum atomic E-state index is 13.7. The zero-order valence-electron chi connectivity index (χ0n) is 19.4. The van der Waals surface area contributed by atoms with Crippen molar-refractivity contribution in [3.8, 4) is 28.5 Å². The van der Waals surface area contributed by atoms with Crippen LogP contribution in [0.25, 0.3) is 11.3 Å². The zero-order chi connectivity index (χ0) is 23.2. The third-order valence-corrected chi connectivity index (χ3v) is 5.96. The fourth-order valence-corrected chi connectivity index (χ4v) is 3.94. The first-order chi connectivity index (χ1) is 16.1. The number of amides is 1. The first kappa shape index (κ1) is 22.6. The van der Waals surface area contributed by atoms with Crippen molar-refractivity contribution >= 4 is 5.91 Å². The zero-order valence-corrected chi connectivity index (χ0v) is 19.4. The molecule has 3 aromatic rings. The smallest absolute Gasteiger partial charge is 0.256 e. The third-order valence-electron chi connectivity index (χ3n) is 5.96. The summed E-state index contributed by atoms with van der Waals surface area (Å²) in [6.07, 6.45) is 4.81. The minimum absolute atomic E-state index is 0.00768. The molecule has 6 nitrogen and oxygen atoms in total. The van der Waals surface area contributed by atoms with Crippen LogP contribution in [0.4, 0.5) is 0 Å². The van der Waals surface area contributed by atoms with Gasteiger partial charge in [0.15, 0.2) is 11.5 Å². The third kappa shape index (κ3) is 5.45. The molecule has 1 amide bonds. The van der Waals surface area contributed by atoms with Gasteiger partial charge in [0.25, 0.3) is 5.91 Å². The highest BCUT2D eigenvalue weighted by atomic mass is 16.5. The van der Waals surface area contributed by atoms with Gasteiger partial charge in [-0.25, -0.2) is 0 Å². The summed E-state index contributed by atoms with van der Waals surface area (Å²) in [6, 6.07) is 17.2. The largest absolute Gasteiger partial charge is 0.497 e. The molecular weight excluding hydrogens is 416 g/mol. The van der Waals surface area contributed by atoms with Crippen molar-refractivity contribution in [1.29, 1.82) is 0 Å². The van der Waals surface area contributed by atoms with Gasteiger partial charge in [-0.2, -0.15) is 0 Å². The first-order valence-electron chi connectivity index (χ1n) is 11.2. The Hall–Kier alpha value is -3.54. The Labute approximate surface area is 195 Å². The summed E-state index contributed by atoms with van der Waals surface area (Å²) in [5.74, 6) is 2.72. The van der Waals surface area contributed by atoms with Crippen LogP contribution in [0.2, 0.25) is 0 Å². The predicted molar refractivity (Wildman–Crippen MR) is 128 cm³/mol. The molecule has 1 saturated carbocycles. The van der Waals surface area contributed by atoms with Gasteiger partial charge in [0, 0.05) is 24.8 Å². The van der Waals surface area contributed by atoms with Crippen LogP contribution >= 0.6 is 0 Å². The average molecular weight is 447 g/mol. The number of methoxy groups -OCH3 is 3. The Morgan fingerprint density at radius 3 is 2.52 bits per heavy atom. The maximum Gasteiger partial charge on any atom is 0.256 e. The van der Waals surface area contributed by atoms with E-state index in [1.807, 2.05) is 59.5 Å². The molecule has 4 rings (SSSR count). The Bertz CT molecular complexity index is 1110. The number of aromatic nitrogens is 1. The van der Waals surface area contributed by atoms with E-state index >= 15 is 0 Å². The van der Waals surface area contributed by atoms with Gasteiger partial charge < -0.3 is 19.1 Å². The molecule has 6 heteroatoms. The molecule has 172 valence electrons. The Morgan fingerprint density at radius 1 is 0.970 bits per heavy atom. The number of benzene rings is 2. The molecule has 0 unspecified atom stereocenters. The van der Waals surface area contributed by atoms with Crippen LogP contribution in [-0.4, -0.2) is 50.2 Å². The molecule has 1 fully saturated rings. The standard InChI is InChI=1S/C27H30N2O4/c1-31-22-7-4-6-21(17-22)26-23(8-5-14-28-26)27(30)29(18-20-9-10-20)15-13-19-11-12-24(32-2)25(16-19)33-3/h4-8,11-12,14,16-17,20H,9-10,13,15,18H2,1-3H3. The predicted octanol–water partition coefficient (Wildman–Crippen LogP) is 4.87. The fourth-order valence-electron chi connectivity index (χ4n) is 3.94. The molecule has 0 spiro atoms. The van der Waals surface area contributed by atoms with E-state index in [2.05, 4.69) is 4.98 Å². The van der Waals surface area contributed by atoms with Crippen molar-refractivity contribution in [1.82, 2.24) is 9.88 Å². The SMILES string of the molecule is COc1cccc(-c2ncccc2C(=O)N(CCc2ccc(OC)c(OC)c2)CC2CC2)c1. The molecule has 0 saturated heterocycles. The summed E-state index contributed by atoms with van der Waals surface area (Å²) in [7, 11) is 4.89. The van der Waals surface area contributed by atoms with Gasteiger partial charge in [0.2, 0.25) is 0 Å². The Morgan fingerprint density at radius 2 is 1.79 bits per heavy atom. The van der Waals surface area contributed by atoms with Crippen molar-refractivity contribution in [3.05, 3.63) is 71.9 Å². The van der Waals surface area contributed by atoms with Gasteiger partial charge in [0.05, 0.1) is 32.6 Å². The van der Waals surface area contributed by atoms with Gasteiger partial charge in [0.1, 0.15) is 5.75 Å². The van der Waals surface area contributed by atoms with E-state index in [1.54, 1.807) is 27.5 Å². The number of carbonyl (C=O) groups is 1. The molecule has 0 atom stereocenters. The average Bonchev–Trinajstić information content (AvgIpc) is 3.70. The summed E-state index contributed by atoms with van der Waals surface area (Å²) in [5.41, 5.74) is 3.25. The van der Waals surface area contributed by atoms with Crippen LogP contribution in [0, 0.1) is 5.92 Å². The van der Waals surface area contributed by atoms with Crippen molar-refractivity contribution in [3.63, 3.8) is 0 Å². The monoisotopic (exact) mass is 446 g/mol. The lowest BCUT2D eigenvalue weighted by molar-refractivity contribution is 0.0750. The van der Waals surface area contributed by atoms with Crippen LogP contribution in [0.15, 0.2) is 60.8 Å². The topological polar surface area (TPSA) is 60.9 Å². The number of rotatable bonds is 10. The molecular formula is C27H30N2O4. The minimum Gasteiger partial charge on any atom is -0.497 e. The second kappa shape index (κ2) is 10.4. The quantitative estimate of drug-likeness (QED) is 0.445. The van der Waals surface area contributed by atoms with Crippen LogP contribution < -0.4 is 14.2 Å². The Balaban J connectivity index is 1.58. The second-order valence-electron chi connectivity index (χ2n) is 8.27. The van der Waals surface area contributed by atoms with E-state index in [0.29, 0.717) is 35.2 Å².